The van der Waals surface area contributed by atoms with E-state index < -0.39 is 12.1 Å². The summed E-state index contributed by atoms with van der Waals surface area (Å²) >= 11 is 6.47. The summed E-state index contributed by atoms with van der Waals surface area (Å²) in [5, 5.41) is 3.17. The first-order valence-electron chi connectivity index (χ1n) is 4.95. The first-order valence-corrected chi connectivity index (χ1v) is 6.86. The molecule has 0 atom stereocenters. The number of esters is 1. The lowest BCUT2D eigenvalue weighted by atomic mass is 10.3. The van der Waals surface area contributed by atoms with Crippen LogP contribution in [0, 0.1) is 0 Å². The highest BCUT2D eigenvalue weighted by Gasteiger charge is 2.09. The van der Waals surface area contributed by atoms with Crippen LogP contribution < -0.4 is 5.32 Å². The van der Waals surface area contributed by atoms with Crippen molar-refractivity contribution in [2.75, 3.05) is 10.6 Å². The predicted octanol–water partition coefficient (Wildman–Crippen LogP) is 3.70. The van der Waals surface area contributed by atoms with E-state index >= 15 is 0 Å². The van der Waals surface area contributed by atoms with Crippen molar-refractivity contribution in [2.24, 2.45) is 0 Å². The molecule has 0 spiro atoms. The second kappa shape index (κ2) is 7.45. The molecule has 0 unspecified atom stereocenters. The normalized spacial score (nSPS) is 9.76. The molecule has 0 aliphatic heterocycles. The summed E-state index contributed by atoms with van der Waals surface area (Å²) < 4.78 is 5.47. The van der Waals surface area contributed by atoms with Gasteiger partial charge >= 0.3 is 12.1 Å². The Bertz CT molecular complexity index is 392. The highest BCUT2D eigenvalue weighted by molar-refractivity contribution is 9.10. The molecule has 6 heteroatoms. The van der Waals surface area contributed by atoms with E-state index in [1.54, 1.807) is 24.3 Å². The number of halogens is 2. The molecule has 1 rings (SSSR count). The molecule has 0 saturated carbocycles. The summed E-state index contributed by atoms with van der Waals surface area (Å²) in [7, 11) is 0. The van der Waals surface area contributed by atoms with Crippen molar-refractivity contribution in [3.8, 4) is 0 Å². The summed E-state index contributed by atoms with van der Waals surface area (Å²) in [6.45, 7) is 0. The van der Waals surface area contributed by atoms with Crippen molar-refractivity contribution < 1.29 is 14.3 Å². The average Bonchev–Trinajstić information content (AvgIpc) is 2.29. The SMILES string of the molecule is O=C(CCCBr)OC(=O)Nc1ccc(Br)cc1. The van der Waals surface area contributed by atoms with E-state index in [4.69, 9.17) is 0 Å². The van der Waals surface area contributed by atoms with Crippen LogP contribution in [0.3, 0.4) is 0 Å². The summed E-state index contributed by atoms with van der Waals surface area (Å²) in [5.74, 6) is -0.529. The lowest BCUT2D eigenvalue weighted by Crippen LogP contribution is -2.18. The number of alkyl halides is 1. The van der Waals surface area contributed by atoms with Gasteiger partial charge in [0.15, 0.2) is 0 Å². The Morgan fingerprint density at radius 3 is 2.47 bits per heavy atom. The van der Waals surface area contributed by atoms with Crippen LogP contribution in [-0.2, 0) is 9.53 Å². The molecule has 1 aromatic rings. The number of benzene rings is 1. The number of nitrogens with one attached hydrogen (secondary N) is 1. The topological polar surface area (TPSA) is 55.4 Å². The first kappa shape index (κ1) is 14.2. The van der Waals surface area contributed by atoms with Crippen LogP contribution in [0.5, 0.6) is 0 Å². The molecule has 0 aliphatic rings. The fraction of sp³-hybridized carbons (Fsp3) is 0.273. The van der Waals surface area contributed by atoms with E-state index in [-0.39, 0.29) is 6.42 Å². The van der Waals surface area contributed by atoms with Crippen molar-refractivity contribution in [3.63, 3.8) is 0 Å². The Labute approximate surface area is 116 Å². The van der Waals surface area contributed by atoms with Gasteiger partial charge < -0.3 is 4.74 Å². The number of carbonyl (C=O) groups is 2. The molecule has 0 saturated heterocycles. The number of amides is 1. The van der Waals surface area contributed by atoms with Gasteiger partial charge in [0.2, 0.25) is 0 Å². The van der Waals surface area contributed by atoms with Crippen molar-refractivity contribution in [3.05, 3.63) is 28.7 Å². The average molecular weight is 365 g/mol. The monoisotopic (exact) mass is 363 g/mol. The van der Waals surface area contributed by atoms with Gasteiger partial charge in [-0.1, -0.05) is 31.9 Å². The Balaban J connectivity index is 2.39. The zero-order valence-corrected chi connectivity index (χ0v) is 12.1. The van der Waals surface area contributed by atoms with Gasteiger partial charge in [0, 0.05) is 21.9 Å². The predicted molar refractivity (Wildman–Crippen MR) is 72.3 cm³/mol. The van der Waals surface area contributed by atoms with Crippen molar-refractivity contribution in [1.82, 2.24) is 0 Å². The van der Waals surface area contributed by atoms with E-state index in [0.717, 1.165) is 4.47 Å². The van der Waals surface area contributed by atoms with E-state index in [1.807, 2.05) is 0 Å². The number of ether oxygens (including phenoxy) is 1. The van der Waals surface area contributed by atoms with Gasteiger partial charge in [-0.05, 0) is 30.7 Å². The second-order valence-corrected chi connectivity index (χ2v) is 4.89. The maximum Gasteiger partial charge on any atom is 0.419 e. The third-order valence-electron chi connectivity index (χ3n) is 1.81. The summed E-state index contributed by atoms with van der Waals surface area (Å²) in [6, 6.07) is 6.97. The van der Waals surface area contributed by atoms with E-state index in [0.29, 0.717) is 17.4 Å². The molecule has 0 radical (unpaired) electrons. The minimum absolute atomic E-state index is 0.221. The number of anilines is 1. The van der Waals surface area contributed by atoms with Gasteiger partial charge in [0.25, 0.3) is 0 Å². The Morgan fingerprint density at radius 2 is 1.88 bits per heavy atom. The quantitative estimate of drug-likeness (QED) is 0.503. The number of carbonyl (C=O) groups excluding carboxylic acids is 2. The number of hydrogen-bond acceptors (Lipinski definition) is 3. The third kappa shape index (κ3) is 5.83. The summed E-state index contributed by atoms with van der Waals surface area (Å²) in [5.41, 5.74) is 0.575. The lowest BCUT2D eigenvalue weighted by Gasteiger charge is -2.05. The standard InChI is InChI=1S/C11H11Br2NO3/c12-7-1-2-10(15)17-11(16)14-9-5-3-8(13)4-6-9/h3-6H,1-2,7H2,(H,14,16). The Kier molecular flexibility index (Phi) is 6.21. The molecule has 0 heterocycles. The van der Waals surface area contributed by atoms with Crippen LogP contribution in [0.2, 0.25) is 0 Å². The van der Waals surface area contributed by atoms with Crippen LogP contribution in [0.15, 0.2) is 28.7 Å². The molecule has 1 N–H and O–H groups in total. The second-order valence-electron chi connectivity index (χ2n) is 3.19. The molecule has 1 aromatic carbocycles. The summed E-state index contributed by atoms with van der Waals surface area (Å²) in [6.07, 6.45) is 0.107. The summed E-state index contributed by atoms with van der Waals surface area (Å²) in [4.78, 5) is 22.4. The Morgan fingerprint density at radius 1 is 1.24 bits per heavy atom. The van der Waals surface area contributed by atoms with Gasteiger partial charge in [0.05, 0.1) is 0 Å². The zero-order valence-electron chi connectivity index (χ0n) is 8.91. The fourth-order valence-electron chi connectivity index (χ4n) is 1.04. The van der Waals surface area contributed by atoms with Gasteiger partial charge in [-0.15, -0.1) is 0 Å². The highest BCUT2D eigenvalue weighted by atomic mass is 79.9. The molecule has 92 valence electrons. The minimum Gasteiger partial charge on any atom is -0.376 e. The molecule has 17 heavy (non-hydrogen) atoms. The van der Waals surface area contributed by atoms with Gasteiger partial charge in [-0.25, -0.2) is 4.79 Å². The largest absolute Gasteiger partial charge is 0.419 e. The first-order chi connectivity index (χ1) is 8.11. The molecule has 1 amide bonds. The molecule has 0 fully saturated rings. The maximum atomic E-state index is 11.3. The minimum atomic E-state index is -0.758. The van der Waals surface area contributed by atoms with Crippen LogP contribution >= 0.6 is 31.9 Å². The van der Waals surface area contributed by atoms with Gasteiger partial charge in [0.1, 0.15) is 0 Å². The molecule has 4 nitrogen and oxygen atoms in total. The van der Waals surface area contributed by atoms with E-state index in [1.165, 1.54) is 0 Å². The van der Waals surface area contributed by atoms with Gasteiger partial charge in [-0.2, -0.15) is 0 Å². The molecular weight excluding hydrogens is 354 g/mol. The highest BCUT2D eigenvalue weighted by Crippen LogP contribution is 2.14. The third-order valence-corrected chi connectivity index (χ3v) is 2.90. The van der Waals surface area contributed by atoms with Crippen LogP contribution in [0.25, 0.3) is 0 Å². The zero-order chi connectivity index (χ0) is 12.7. The van der Waals surface area contributed by atoms with Crippen LogP contribution in [-0.4, -0.2) is 17.4 Å². The van der Waals surface area contributed by atoms with Crippen molar-refractivity contribution in [2.45, 2.75) is 12.8 Å². The molecular formula is C11H11Br2NO3. The number of hydrogen-bond donors (Lipinski definition) is 1. The van der Waals surface area contributed by atoms with E-state index in [9.17, 15) is 9.59 Å². The van der Waals surface area contributed by atoms with E-state index in [2.05, 4.69) is 41.9 Å². The molecule has 0 bridgehead atoms. The van der Waals surface area contributed by atoms with Crippen LogP contribution in [0.4, 0.5) is 10.5 Å². The van der Waals surface area contributed by atoms with Crippen molar-refractivity contribution in [1.29, 1.82) is 0 Å². The number of rotatable bonds is 4. The Hall–Kier alpha value is -0.880. The molecule has 0 aromatic heterocycles. The smallest absolute Gasteiger partial charge is 0.376 e. The fourth-order valence-corrected chi connectivity index (χ4v) is 1.59. The molecule has 0 aliphatic carbocycles. The lowest BCUT2D eigenvalue weighted by molar-refractivity contribution is -0.136. The van der Waals surface area contributed by atoms with Gasteiger partial charge in [-0.3, -0.25) is 10.1 Å². The maximum absolute atomic E-state index is 11.3. The van der Waals surface area contributed by atoms with Crippen LogP contribution in [0.1, 0.15) is 12.8 Å². The van der Waals surface area contributed by atoms with Crippen molar-refractivity contribution >= 4 is 49.6 Å².